The summed E-state index contributed by atoms with van der Waals surface area (Å²) >= 11 is 0. The second kappa shape index (κ2) is 13.1. The number of anilines is 3. The molecule has 7 aliphatic rings. The van der Waals surface area contributed by atoms with Crippen LogP contribution in [0.1, 0.15) is 50.8 Å². The van der Waals surface area contributed by atoms with Crippen molar-refractivity contribution in [3.8, 4) is 28.3 Å². The number of rotatable bonds is 5. The minimum atomic E-state index is -0.424. The monoisotopic (exact) mass is 778 g/mol. The Morgan fingerprint density at radius 1 is 0.750 bits per heavy atom. The van der Waals surface area contributed by atoms with Crippen molar-refractivity contribution in [1.82, 2.24) is 9.97 Å². The summed E-state index contributed by atoms with van der Waals surface area (Å²) in [7, 11) is 0. The molecule has 5 unspecified atom stereocenters. The highest BCUT2D eigenvalue weighted by Crippen LogP contribution is 2.59. The van der Waals surface area contributed by atoms with Crippen LogP contribution >= 0.6 is 0 Å². The van der Waals surface area contributed by atoms with Gasteiger partial charge in [0.1, 0.15) is 6.10 Å². The fraction of sp³-hybridized carbons (Fsp3) is 0.200. The van der Waals surface area contributed by atoms with Gasteiger partial charge in [0.2, 0.25) is 0 Å². The molecule has 0 radical (unpaired) electrons. The first-order valence-electron chi connectivity index (χ1n) is 21.5. The van der Waals surface area contributed by atoms with E-state index in [1.54, 1.807) is 0 Å². The molecule has 0 fully saturated rings. The Bertz CT molecular complexity index is 2880. The zero-order valence-corrected chi connectivity index (χ0v) is 34.2. The van der Waals surface area contributed by atoms with E-state index >= 15 is 0 Å². The molecule has 0 amide bonds. The van der Waals surface area contributed by atoms with Crippen molar-refractivity contribution in [2.75, 3.05) is 9.80 Å². The third kappa shape index (κ3) is 5.11. The second-order valence-corrected chi connectivity index (χ2v) is 17.7. The van der Waals surface area contributed by atoms with Gasteiger partial charge < -0.3 is 14.5 Å². The lowest BCUT2D eigenvalue weighted by atomic mass is 9.72. The van der Waals surface area contributed by atoms with E-state index < -0.39 is 5.54 Å². The minimum Gasteiger partial charge on any atom is -0.479 e. The van der Waals surface area contributed by atoms with Crippen molar-refractivity contribution in [3.63, 3.8) is 0 Å². The van der Waals surface area contributed by atoms with E-state index in [4.69, 9.17) is 14.7 Å². The van der Waals surface area contributed by atoms with E-state index in [0.29, 0.717) is 5.92 Å². The van der Waals surface area contributed by atoms with Gasteiger partial charge in [-0.25, -0.2) is 9.97 Å². The molecule has 6 atom stereocenters. The highest BCUT2D eigenvalue weighted by molar-refractivity contribution is 5.97. The molecular weight excluding hydrogens is 733 g/mol. The van der Waals surface area contributed by atoms with Gasteiger partial charge in [0.05, 0.1) is 22.7 Å². The summed E-state index contributed by atoms with van der Waals surface area (Å²) in [5.41, 5.74) is 14.1. The van der Waals surface area contributed by atoms with Crippen LogP contribution in [0.25, 0.3) is 28.1 Å². The lowest BCUT2D eigenvalue weighted by Gasteiger charge is -2.42. The number of hydrogen-bond donors (Lipinski definition) is 0. The molecule has 0 bridgehead atoms. The molecule has 1 aromatic heterocycles. The molecule has 5 nitrogen and oxygen atoms in total. The summed E-state index contributed by atoms with van der Waals surface area (Å²) in [6.45, 7) is 7.18. The zero-order valence-electron chi connectivity index (χ0n) is 34.2. The van der Waals surface area contributed by atoms with E-state index in [9.17, 15) is 0 Å². The Morgan fingerprint density at radius 2 is 1.52 bits per heavy atom. The smallest absolute Gasteiger partial charge is 0.185 e. The van der Waals surface area contributed by atoms with Crippen LogP contribution in [0, 0.1) is 11.8 Å². The molecule has 5 aromatic rings. The second-order valence-electron chi connectivity index (χ2n) is 17.7. The zero-order chi connectivity index (χ0) is 40.2. The standard InChI is InChI=1S/C55H46N4O/c1-35-16-14-26-47-49(35)45-34-39(38-28-30-54(2)44(33-38)42-23-10-12-25-46(42)58(54)41-21-8-5-9-22-41)29-31-55(45,3)59(47)53-51-50(43-24-11-13-27-48(43)60-51)56-52(57-53)40-20-15-19-37(32-40)36-17-6-4-7-18-36/h4-15,17-29,31-35,43,45,48H,16,30H2,1-3H3/t35?,43?,45?,48?,54?,55-/m1/s1. The molecule has 4 aliphatic carbocycles. The van der Waals surface area contributed by atoms with E-state index in [0.717, 1.165) is 47.1 Å². The number of fused-ring (bicyclic) bond motifs is 8. The van der Waals surface area contributed by atoms with Gasteiger partial charge in [0.25, 0.3) is 0 Å². The number of allylic oxidation sites excluding steroid dienone is 8. The summed E-state index contributed by atoms with van der Waals surface area (Å²) in [6.07, 6.45) is 27.4. The number of benzene rings is 4. The van der Waals surface area contributed by atoms with Crippen LogP contribution in [0.5, 0.6) is 5.75 Å². The molecule has 0 spiro atoms. The molecule has 3 aliphatic heterocycles. The van der Waals surface area contributed by atoms with E-state index in [1.807, 2.05) is 0 Å². The van der Waals surface area contributed by atoms with Crippen molar-refractivity contribution < 1.29 is 4.74 Å². The third-order valence-electron chi connectivity index (χ3n) is 14.1. The molecule has 4 heterocycles. The Labute approximate surface area is 352 Å². The Hall–Kier alpha value is -6.72. The summed E-state index contributed by atoms with van der Waals surface area (Å²) in [4.78, 5) is 15.9. The van der Waals surface area contributed by atoms with Crippen molar-refractivity contribution in [1.29, 1.82) is 0 Å². The lowest BCUT2D eigenvalue weighted by molar-refractivity contribution is 0.268. The first kappa shape index (κ1) is 35.2. The largest absolute Gasteiger partial charge is 0.479 e. The van der Waals surface area contributed by atoms with Gasteiger partial charge in [-0.15, -0.1) is 0 Å². The van der Waals surface area contributed by atoms with Crippen molar-refractivity contribution in [2.24, 2.45) is 11.8 Å². The van der Waals surface area contributed by atoms with E-state index in [2.05, 4.69) is 207 Å². The molecule has 4 aromatic carbocycles. The van der Waals surface area contributed by atoms with Crippen LogP contribution in [0.2, 0.25) is 0 Å². The van der Waals surface area contributed by atoms with Gasteiger partial charge in [-0.1, -0.05) is 140 Å². The van der Waals surface area contributed by atoms with Crippen LogP contribution in [0.15, 0.2) is 198 Å². The van der Waals surface area contributed by atoms with Gasteiger partial charge in [-0.05, 0) is 109 Å². The first-order chi connectivity index (χ1) is 29.4. The van der Waals surface area contributed by atoms with Crippen LogP contribution < -0.4 is 14.5 Å². The average molecular weight is 779 g/mol. The molecule has 0 saturated carbocycles. The maximum absolute atomic E-state index is 6.89. The van der Waals surface area contributed by atoms with Crippen LogP contribution in [0.4, 0.5) is 17.2 Å². The lowest BCUT2D eigenvalue weighted by Crippen LogP contribution is -2.46. The van der Waals surface area contributed by atoms with Gasteiger partial charge >= 0.3 is 0 Å². The van der Waals surface area contributed by atoms with Crippen LogP contribution in [-0.2, 0) is 0 Å². The van der Waals surface area contributed by atoms with E-state index in [-0.39, 0.29) is 23.5 Å². The highest BCUT2D eigenvalue weighted by Gasteiger charge is 2.53. The third-order valence-corrected chi connectivity index (χ3v) is 14.1. The highest BCUT2D eigenvalue weighted by atomic mass is 16.5. The number of aromatic nitrogens is 2. The number of hydrogen-bond acceptors (Lipinski definition) is 5. The summed E-state index contributed by atoms with van der Waals surface area (Å²) in [5, 5.41) is 0. The molecular formula is C55H46N4O. The minimum absolute atomic E-state index is 0.0205. The van der Waals surface area contributed by atoms with Gasteiger partial charge in [-0.3, -0.25) is 0 Å². The summed E-state index contributed by atoms with van der Waals surface area (Å²) in [5.74, 6) is 2.87. The van der Waals surface area contributed by atoms with Gasteiger partial charge in [0, 0.05) is 34.1 Å². The van der Waals surface area contributed by atoms with Crippen LogP contribution in [0.3, 0.4) is 0 Å². The maximum atomic E-state index is 6.89. The normalized spacial score (nSPS) is 27.6. The summed E-state index contributed by atoms with van der Waals surface area (Å²) < 4.78 is 6.89. The van der Waals surface area contributed by atoms with Crippen molar-refractivity contribution in [2.45, 2.75) is 56.7 Å². The van der Waals surface area contributed by atoms with Gasteiger partial charge in [0.15, 0.2) is 17.4 Å². The number of para-hydroxylation sites is 2. The quantitative estimate of drug-likeness (QED) is 0.178. The fourth-order valence-corrected chi connectivity index (χ4v) is 11.1. The van der Waals surface area contributed by atoms with Gasteiger partial charge in [-0.2, -0.15) is 0 Å². The molecule has 0 saturated heterocycles. The molecule has 5 heteroatoms. The predicted molar refractivity (Wildman–Crippen MR) is 244 cm³/mol. The Balaban J connectivity index is 0.975. The molecule has 292 valence electrons. The fourth-order valence-electron chi connectivity index (χ4n) is 11.1. The maximum Gasteiger partial charge on any atom is 0.185 e. The van der Waals surface area contributed by atoms with Crippen molar-refractivity contribution >= 4 is 22.8 Å². The first-order valence-corrected chi connectivity index (χ1v) is 21.5. The number of ether oxygens (including phenoxy) is 1. The molecule has 60 heavy (non-hydrogen) atoms. The topological polar surface area (TPSA) is 41.5 Å². The average Bonchev–Trinajstić information content (AvgIpc) is 3.89. The Morgan fingerprint density at radius 3 is 2.38 bits per heavy atom. The van der Waals surface area contributed by atoms with Crippen molar-refractivity contribution in [3.05, 3.63) is 210 Å². The van der Waals surface area contributed by atoms with E-state index in [1.165, 1.54) is 50.5 Å². The van der Waals surface area contributed by atoms with Crippen LogP contribution in [-0.4, -0.2) is 27.1 Å². The predicted octanol–water partition coefficient (Wildman–Crippen LogP) is 12.6. The summed E-state index contributed by atoms with van der Waals surface area (Å²) in [6, 6.07) is 39.0. The molecule has 0 N–H and O–H groups in total. The Kier molecular flexibility index (Phi) is 7.72. The SMILES string of the molecule is CC1CC=CC2=C1C1C=C(C3=CCC4(C)C(=C3)c3ccccc3N4c3ccccc3)C=C[C@@]1(C)N2c1nc(-c2cccc(-c3ccccc3)c2)nc2c1OC1C=CC=CC21. The molecule has 12 rings (SSSR count). The number of nitrogens with zero attached hydrogens (tertiary/aromatic N) is 4.